The van der Waals surface area contributed by atoms with E-state index in [2.05, 4.69) is 47.2 Å². The third-order valence-electron chi connectivity index (χ3n) is 15.9. The van der Waals surface area contributed by atoms with Crippen LogP contribution < -0.4 is 54.4 Å². The number of carboxylic acid groups (broad SMARTS) is 1. The molecule has 15 N–H and O–H groups in total. The second kappa shape index (κ2) is 34.9. The van der Waals surface area contributed by atoms with E-state index in [1.54, 1.807) is 74.6 Å². The van der Waals surface area contributed by atoms with Crippen LogP contribution in [0.25, 0.3) is 10.9 Å². The number of carbonyl (C=O) groups excluding carboxylic acids is 9. The predicted molar refractivity (Wildman–Crippen MR) is 339 cm³/mol. The Kier molecular flexibility index (Phi) is 27.3. The van der Waals surface area contributed by atoms with Crippen LogP contribution in [0.15, 0.2) is 96.1 Å². The lowest BCUT2D eigenvalue weighted by molar-refractivity contribution is -0.148. The summed E-state index contributed by atoms with van der Waals surface area (Å²) in [6, 6.07) is 14.8. The highest BCUT2D eigenvalue weighted by Crippen LogP contribution is 2.27. The number of nitrogens with one attached hydrogen (secondary N) is 8. The van der Waals surface area contributed by atoms with Gasteiger partial charge in [-0.1, -0.05) is 92.7 Å². The zero-order valence-corrected chi connectivity index (χ0v) is 52.0. The van der Waals surface area contributed by atoms with E-state index in [0.717, 1.165) is 10.9 Å². The van der Waals surface area contributed by atoms with Gasteiger partial charge in [-0.25, -0.2) is 4.79 Å². The molecule has 2 aliphatic heterocycles. The number of hydrogen-bond donors (Lipinski definition) is 12. The van der Waals surface area contributed by atoms with Crippen molar-refractivity contribution in [1.29, 1.82) is 0 Å². The van der Waals surface area contributed by atoms with Crippen molar-refractivity contribution in [1.82, 2.24) is 52.0 Å². The maximum atomic E-state index is 15.2. The van der Waals surface area contributed by atoms with Crippen LogP contribution in [0.2, 0.25) is 0 Å². The Balaban J connectivity index is 1.22. The van der Waals surface area contributed by atoms with E-state index < -0.39 is 119 Å². The molecule has 2 fully saturated rings. The van der Waals surface area contributed by atoms with Gasteiger partial charge in [0.05, 0.1) is 0 Å². The summed E-state index contributed by atoms with van der Waals surface area (Å²) >= 11 is 1.42. The number of amides is 9. The van der Waals surface area contributed by atoms with Crippen LogP contribution in [0.4, 0.5) is 0 Å². The predicted octanol–water partition coefficient (Wildman–Crippen LogP) is 1.27. The number of hydrogen-bond acceptors (Lipinski definition) is 13. The van der Waals surface area contributed by atoms with Crippen LogP contribution in [-0.4, -0.2) is 178 Å². The van der Waals surface area contributed by atoms with E-state index in [4.69, 9.17) is 17.2 Å². The van der Waals surface area contributed by atoms with Crippen molar-refractivity contribution in [2.45, 2.75) is 159 Å². The van der Waals surface area contributed by atoms with Gasteiger partial charge in [-0.15, -0.1) is 0 Å². The number of unbranched alkanes of at least 4 members (excludes halogenated alkanes) is 1. The van der Waals surface area contributed by atoms with Crippen molar-refractivity contribution in [3.05, 3.63) is 108 Å². The number of guanidine groups is 1. The van der Waals surface area contributed by atoms with Gasteiger partial charge >= 0.3 is 5.97 Å². The van der Waals surface area contributed by atoms with E-state index >= 15 is 9.59 Å². The largest absolute Gasteiger partial charge is 0.480 e. The van der Waals surface area contributed by atoms with Crippen molar-refractivity contribution in [2.75, 3.05) is 38.2 Å². The summed E-state index contributed by atoms with van der Waals surface area (Å²) in [4.78, 5) is 151. The Labute approximate surface area is 523 Å². The van der Waals surface area contributed by atoms with Crippen molar-refractivity contribution in [2.24, 2.45) is 28.1 Å². The summed E-state index contributed by atoms with van der Waals surface area (Å²) in [5.74, 6) is -7.06. The quantitative estimate of drug-likeness (QED) is 0.0178. The molecule has 0 aliphatic carbocycles. The molecule has 0 spiro atoms. The molecule has 1 aromatic heterocycles. The number of likely N-dealkylation sites (tertiary alicyclic amines) is 2. The molecule has 3 heterocycles. The molecule has 9 atom stereocenters. The van der Waals surface area contributed by atoms with Crippen molar-refractivity contribution in [3.63, 3.8) is 0 Å². The van der Waals surface area contributed by atoms with E-state index in [9.17, 15) is 43.5 Å². The number of aromatic nitrogens is 1. The van der Waals surface area contributed by atoms with Gasteiger partial charge in [0.2, 0.25) is 53.2 Å². The summed E-state index contributed by atoms with van der Waals surface area (Å²) < 4.78 is 0. The smallest absolute Gasteiger partial charge is 0.326 e. The third-order valence-corrected chi connectivity index (χ3v) is 16.5. The summed E-state index contributed by atoms with van der Waals surface area (Å²) in [5.41, 5.74) is 19.6. The number of benzene rings is 3. The number of para-hydroxylation sites is 1. The van der Waals surface area contributed by atoms with Crippen LogP contribution in [0.3, 0.4) is 0 Å². The number of aromatic amines is 1. The van der Waals surface area contributed by atoms with Crippen LogP contribution in [0.5, 0.6) is 0 Å². The highest BCUT2D eigenvalue weighted by atomic mass is 32.2. The average molecular weight is 1250 g/mol. The molecular formula is C63H88N14O11S. The van der Waals surface area contributed by atoms with Gasteiger partial charge in [0.1, 0.15) is 54.4 Å². The molecule has 9 amide bonds. The lowest BCUT2D eigenvalue weighted by Crippen LogP contribution is -2.61. The lowest BCUT2D eigenvalue weighted by atomic mass is 10.0. The number of aliphatic imine (C=N–C) groups is 1. The standard InChI is InChI=1S/C63H88N14O11S/c1-38(2)53(62(87)88)75-58(83)49(36-42-37-68-44-23-12-11-22-43(42)44)73-59(84)51-26-16-31-76(51)61(86)52-27-17-32-77(52)60(85)50(35-41-20-9-6-10-21-41)74-57(82)48(34-40-18-7-5-8-19-40)72-56(81)47(28-33-89-4)71-55(80)46(24-13-14-29-64)70-54(79)45(69-39(3)78)25-15-30-67-63(65)66/h5-12,18-23,37-38,45-53,68H,13-17,24-36,64H2,1-4H3,(H,69,78)(H,70,79)(H,71,80)(H,72,81)(H,73,84)(H,74,82)(H,75,83)(H,87,88)(H4,65,66,67)/t45-,46-,47-,48+,49+,50-,51-,52-,53-/m0/s1. The van der Waals surface area contributed by atoms with Gasteiger partial charge in [-0.05, 0) is 111 Å². The number of aliphatic carboxylic acids is 1. The Morgan fingerprint density at radius 3 is 1.73 bits per heavy atom. The number of nitrogens with zero attached hydrogens (tertiary/aromatic N) is 3. The minimum Gasteiger partial charge on any atom is -0.480 e. The van der Waals surface area contributed by atoms with Gasteiger partial charge in [0, 0.05) is 62.9 Å². The first-order valence-electron chi connectivity index (χ1n) is 30.5. The molecule has 26 heteroatoms. The molecule has 2 aliphatic rings. The fraction of sp³-hybridized carbons (Fsp3) is 0.508. The van der Waals surface area contributed by atoms with E-state index in [1.807, 2.05) is 36.6 Å². The summed E-state index contributed by atoms with van der Waals surface area (Å²) in [6.45, 7) is 5.42. The minimum absolute atomic E-state index is 0.00348. The fourth-order valence-corrected chi connectivity index (χ4v) is 11.7. The third kappa shape index (κ3) is 20.8. The summed E-state index contributed by atoms with van der Waals surface area (Å²) in [6.07, 6.45) is 6.59. The maximum Gasteiger partial charge on any atom is 0.326 e. The molecule has 4 aromatic rings. The maximum absolute atomic E-state index is 15.2. The summed E-state index contributed by atoms with van der Waals surface area (Å²) in [7, 11) is 0. The van der Waals surface area contributed by atoms with Crippen LogP contribution in [0, 0.1) is 5.92 Å². The summed E-state index contributed by atoms with van der Waals surface area (Å²) in [5, 5.41) is 30.3. The molecule has 6 rings (SSSR count). The molecule has 0 unspecified atom stereocenters. The Hall–Kier alpha value is -8.52. The topological polar surface area (TPSA) is 388 Å². The number of fused-ring (bicyclic) bond motifs is 1. The fourth-order valence-electron chi connectivity index (χ4n) is 11.2. The molecule has 89 heavy (non-hydrogen) atoms. The number of carbonyl (C=O) groups is 10. The first-order valence-corrected chi connectivity index (χ1v) is 31.9. The van der Waals surface area contributed by atoms with Crippen molar-refractivity contribution >= 4 is 87.8 Å². The zero-order valence-electron chi connectivity index (χ0n) is 51.2. The first kappa shape index (κ1) is 69.6. The second-order valence-electron chi connectivity index (χ2n) is 23.0. The molecule has 482 valence electrons. The van der Waals surface area contributed by atoms with E-state index in [0.29, 0.717) is 61.1 Å². The number of nitrogens with two attached hydrogens (primary N) is 3. The highest BCUT2D eigenvalue weighted by molar-refractivity contribution is 7.98. The highest BCUT2D eigenvalue weighted by Gasteiger charge is 2.45. The molecule has 3 aromatic carbocycles. The van der Waals surface area contributed by atoms with Crippen LogP contribution in [-0.2, 0) is 67.2 Å². The SMILES string of the molecule is CSCC[C@H](NC(=O)[C@H](CCCCN)NC(=O)[C@H](CCCN=C(N)N)NC(C)=O)C(=O)N[C@H](Cc1ccccc1)C(=O)N[C@@H](Cc1ccccc1)C(=O)N1CCC[C@H]1C(=O)N1CCC[C@H]1C(=O)N[C@H](Cc1c[nH]c2ccccc12)C(=O)N[C@H](C(=O)O)C(C)C. The molecule has 0 radical (unpaired) electrons. The Bertz CT molecular complexity index is 3090. The normalized spacial score (nSPS) is 17.0. The number of H-pyrrole nitrogens is 1. The van der Waals surface area contributed by atoms with Crippen LogP contribution in [0.1, 0.15) is 102 Å². The number of thioether (sulfide) groups is 1. The van der Waals surface area contributed by atoms with Gasteiger partial charge < -0.3 is 74.3 Å². The van der Waals surface area contributed by atoms with Crippen molar-refractivity contribution in [3.8, 4) is 0 Å². The van der Waals surface area contributed by atoms with Crippen molar-refractivity contribution < 1.29 is 53.1 Å². The van der Waals surface area contributed by atoms with Gasteiger partial charge in [-0.3, -0.25) is 48.1 Å². The zero-order chi connectivity index (χ0) is 64.6. The average Bonchev–Trinajstić information content (AvgIpc) is 2.06. The molecule has 25 nitrogen and oxygen atoms in total. The molecule has 2 saturated heterocycles. The molecular weight excluding hydrogens is 1160 g/mol. The molecule has 0 bridgehead atoms. The van der Waals surface area contributed by atoms with E-state index in [-0.39, 0.29) is 77.0 Å². The Morgan fingerprint density at radius 1 is 0.618 bits per heavy atom. The second-order valence-corrected chi connectivity index (χ2v) is 24.0. The molecule has 0 saturated carbocycles. The lowest BCUT2D eigenvalue weighted by Gasteiger charge is -2.34. The van der Waals surface area contributed by atoms with Crippen LogP contribution >= 0.6 is 11.8 Å². The number of rotatable bonds is 34. The first-order chi connectivity index (χ1) is 42.7. The minimum atomic E-state index is -1.32. The van der Waals surface area contributed by atoms with Gasteiger partial charge in [0.25, 0.3) is 0 Å². The monoisotopic (exact) mass is 1250 g/mol. The van der Waals surface area contributed by atoms with Gasteiger partial charge in [0.15, 0.2) is 5.96 Å². The number of carboxylic acids is 1. The van der Waals surface area contributed by atoms with E-state index in [1.165, 1.54) is 28.5 Å². The Morgan fingerprint density at radius 2 is 1.13 bits per heavy atom. The van der Waals surface area contributed by atoms with Gasteiger partial charge in [-0.2, -0.15) is 11.8 Å².